The minimum absolute atomic E-state index is 0.273. The first-order chi connectivity index (χ1) is 12.1. The Morgan fingerprint density at radius 3 is 2.72 bits per heavy atom. The summed E-state index contributed by atoms with van der Waals surface area (Å²) in [7, 11) is -1.19. The van der Waals surface area contributed by atoms with Crippen molar-refractivity contribution in [2.75, 3.05) is 25.6 Å². The van der Waals surface area contributed by atoms with Gasteiger partial charge in [0.05, 0.1) is 20.7 Å². The van der Waals surface area contributed by atoms with Gasteiger partial charge in [-0.25, -0.2) is 0 Å². The highest BCUT2D eigenvalue weighted by Gasteiger charge is 2.15. The van der Waals surface area contributed by atoms with Crippen molar-refractivity contribution in [1.82, 2.24) is 4.90 Å². The number of fused-ring (bicyclic) bond motifs is 1. The monoisotopic (exact) mass is 399 g/mol. The van der Waals surface area contributed by atoms with E-state index in [-0.39, 0.29) is 6.79 Å². The molecule has 25 heavy (non-hydrogen) atoms. The zero-order valence-electron chi connectivity index (χ0n) is 13.8. The fourth-order valence-electron chi connectivity index (χ4n) is 2.62. The van der Waals surface area contributed by atoms with Crippen molar-refractivity contribution < 1.29 is 13.7 Å². The van der Waals surface area contributed by atoms with E-state index in [1.54, 1.807) is 18.2 Å². The molecule has 7 heteroatoms. The van der Waals surface area contributed by atoms with Gasteiger partial charge in [0.1, 0.15) is 0 Å². The molecule has 4 nitrogen and oxygen atoms in total. The summed E-state index contributed by atoms with van der Waals surface area (Å²) in [4.78, 5) is 2.82. The van der Waals surface area contributed by atoms with E-state index in [9.17, 15) is 4.21 Å². The van der Waals surface area contributed by atoms with Gasteiger partial charge in [-0.3, -0.25) is 9.11 Å². The smallest absolute Gasteiger partial charge is 0.231 e. The Morgan fingerprint density at radius 2 is 1.92 bits per heavy atom. The molecule has 2 aromatic carbocycles. The second-order valence-corrected chi connectivity index (χ2v) is 8.06. The van der Waals surface area contributed by atoms with Crippen molar-refractivity contribution in [3.63, 3.8) is 0 Å². The van der Waals surface area contributed by atoms with Crippen LogP contribution >= 0.6 is 23.2 Å². The fourth-order valence-corrected chi connectivity index (χ4v) is 4.42. The summed E-state index contributed by atoms with van der Waals surface area (Å²) in [5, 5.41) is 1.03. The van der Waals surface area contributed by atoms with Crippen LogP contribution in [-0.2, 0) is 17.3 Å². The highest BCUT2D eigenvalue weighted by molar-refractivity contribution is 7.85. The zero-order valence-corrected chi connectivity index (χ0v) is 16.2. The highest BCUT2D eigenvalue weighted by Crippen LogP contribution is 2.32. The predicted octanol–water partition coefficient (Wildman–Crippen LogP) is 4.35. The van der Waals surface area contributed by atoms with Crippen molar-refractivity contribution in [3.8, 4) is 11.5 Å². The number of halogens is 2. The number of nitrogens with zero attached hydrogens (tertiary/aromatic N) is 1. The number of rotatable bonds is 7. The molecular formula is C18H19Cl2NO3S. The summed E-state index contributed by atoms with van der Waals surface area (Å²) in [6.07, 6.45) is 0. The van der Waals surface area contributed by atoms with E-state index in [0.29, 0.717) is 27.2 Å². The molecule has 0 radical (unpaired) electrons. The molecule has 0 aromatic heterocycles. The third kappa shape index (κ3) is 4.67. The van der Waals surface area contributed by atoms with Crippen molar-refractivity contribution in [3.05, 3.63) is 52.0 Å². The zero-order chi connectivity index (χ0) is 17.8. The molecule has 134 valence electrons. The van der Waals surface area contributed by atoms with Gasteiger partial charge in [0.15, 0.2) is 11.5 Å². The number of benzene rings is 2. The lowest BCUT2D eigenvalue weighted by molar-refractivity contribution is 0.174. The molecule has 1 aliphatic rings. The first-order valence-corrected chi connectivity index (χ1v) is 10.1. The molecule has 0 fully saturated rings. The highest BCUT2D eigenvalue weighted by atomic mass is 35.5. The Hall–Kier alpha value is -1.27. The molecule has 0 saturated carbocycles. The van der Waals surface area contributed by atoms with Gasteiger partial charge in [-0.15, -0.1) is 0 Å². The maximum atomic E-state index is 12.5. The molecule has 0 amide bonds. The van der Waals surface area contributed by atoms with E-state index < -0.39 is 10.8 Å². The quantitative estimate of drug-likeness (QED) is 0.693. The van der Waals surface area contributed by atoms with E-state index in [4.69, 9.17) is 32.7 Å². The minimum Gasteiger partial charge on any atom is -0.454 e. The van der Waals surface area contributed by atoms with Gasteiger partial charge >= 0.3 is 0 Å². The average molecular weight is 400 g/mol. The summed E-state index contributed by atoms with van der Waals surface area (Å²) < 4.78 is 23.3. The third-order valence-electron chi connectivity index (χ3n) is 4.02. The van der Waals surface area contributed by atoms with Gasteiger partial charge in [-0.1, -0.05) is 36.2 Å². The van der Waals surface area contributed by atoms with Gasteiger partial charge in [0, 0.05) is 23.9 Å². The molecule has 3 rings (SSSR count). The van der Waals surface area contributed by atoms with Gasteiger partial charge in [-0.05, 0) is 42.4 Å². The third-order valence-corrected chi connectivity index (χ3v) is 6.08. The topological polar surface area (TPSA) is 38.8 Å². The number of ether oxygens (including phenoxy) is 2. The molecule has 0 bridgehead atoms. The molecule has 1 atom stereocenters. The summed E-state index contributed by atoms with van der Waals surface area (Å²) in [5.41, 5.74) is 1.14. The molecule has 2 aromatic rings. The van der Waals surface area contributed by atoms with Crippen LogP contribution in [0.4, 0.5) is 0 Å². The lowest BCUT2D eigenvalue weighted by Gasteiger charge is -2.20. The molecule has 1 unspecified atom stereocenters. The van der Waals surface area contributed by atoms with E-state index >= 15 is 0 Å². The van der Waals surface area contributed by atoms with Crippen LogP contribution in [-0.4, -0.2) is 34.7 Å². The lowest BCUT2D eigenvalue weighted by atomic mass is 10.2. The van der Waals surface area contributed by atoms with Gasteiger partial charge in [-0.2, -0.15) is 0 Å². The lowest BCUT2D eigenvalue weighted by Crippen LogP contribution is -2.27. The van der Waals surface area contributed by atoms with Crippen LogP contribution < -0.4 is 9.47 Å². The largest absolute Gasteiger partial charge is 0.454 e. The van der Waals surface area contributed by atoms with Crippen molar-refractivity contribution >= 4 is 34.0 Å². The van der Waals surface area contributed by atoms with Crippen molar-refractivity contribution in [2.24, 2.45) is 0 Å². The average Bonchev–Trinajstić information content (AvgIpc) is 3.08. The van der Waals surface area contributed by atoms with E-state index in [1.807, 2.05) is 18.2 Å². The normalized spacial score (nSPS) is 14.1. The Kier molecular flexibility index (Phi) is 6.23. The molecule has 0 spiro atoms. The fraction of sp³-hybridized carbons (Fsp3) is 0.333. The van der Waals surface area contributed by atoms with Crippen LogP contribution in [0.1, 0.15) is 12.5 Å². The van der Waals surface area contributed by atoms with Crippen molar-refractivity contribution in [2.45, 2.75) is 18.4 Å². The molecule has 0 aliphatic carbocycles. The molecule has 1 heterocycles. The predicted molar refractivity (Wildman–Crippen MR) is 101 cm³/mol. The van der Waals surface area contributed by atoms with Crippen LogP contribution in [0, 0.1) is 0 Å². The Morgan fingerprint density at radius 1 is 1.12 bits per heavy atom. The first-order valence-electron chi connectivity index (χ1n) is 8.01. The van der Waals surface area contributed by atoms with Gasteiger partial charge in [0.2, 0.25) is 6.79 Å². The Bertz CT molecular complexity index is 785. The summed E-state index contributed by atoms with van der Waals surface area (Å²) in [6.45, 7) is 4.67. The van der Waals surface area contributed by atoms with Crippen LogP contribution in [0.2, 0.25) is 10.0 Å². The van der Waals surface area contributed by atoms with Crippen LogP contribution in [0.25, 0.3) is 0 Å². The molecular weight excluding hydrogens is 381 g/mol. The van der Waals surface area contributed by atoms with Crippen LogP contribution in [0.5, 0.6) is 11.5 Å². The van der Waals surface area contributed by atoms with Crippen LogP contribution in [0.3, 0.4) is 0 Å². The van der Waals surface area contributed by atoms with E-state index in [2.05, 4.69) is 11.8 Å². The molecule has 0 saturated heterocycles. The van der Waals surface area contributed by atoms with Gasteiger partial charge < -0.3 is 9.47 Å². The standard InChI is InChI=1S/C18H19Cl2NO3S/c1-2-21(11-13-3-6-16-17(9-13)24-12-23-16)7-8-25(22)18-10-14(19)4-5-15(18)20/h3-6,9-10H,2,7-8,11-12H2,1H3. The second kappa shape index (κ2) is 8.41. The van der Waals surface area contributed by atoms with Crippen molar-refractivity contribution in [1.29, 1.82) is 0 Å². The number of hydrogen-bond acceptors (Lipinski definition) is 4. The second-order valence-electron chi connectivity index (χ2n) is 5.68. The van der Waals surface area contributed by atoms with E-state index in [1.165, 1.54) is 0 Å². The van der Waals surface area contributed by atoms with Gasteiger partial charge in [0.25, 0.3) is 0 Å². The first kappa shape index (κ1) is 18.5. The van der Waals surface area contributed by atoms with Crippen LogP contribution in [0.15, 0.2) is 41.3 Å². The summed E-state index contributed by atoms with van der Waals surface area (Å²) in [6, 6.07) is 11.0. The Labute approximate surface area is 160 Å². The summed E-state index contributed by atoms with van der Waals surface area (Å²) >= 11 is 12.1. The Balaban J connectivity index is 1.60. The molecule has 1 aliphatic heterocycles. The SMILES string of the molecule is CCN(CCS(=O)c1cc(Cl)ccc1Cl)Cc1ccc2c(c1)OCO2. The number of hydrogen-bond donors (Lipinski definition) is 0. The summed E-state index contributed by atoms with van der Waals surface area (Å²) in [5.74, 6) is 2.06. The maximum absolute atomic E-state index is 12.5. The minimum atomic E-state index is -1.19. The molecule has 0 N–H and O–H groups in total. The maximum Gasteiger partial charge on any atom is 0.231 e. The van der Waals surface area contributed by atoms with E-state index in [0.717, 1.165) is 30.2 Å².